The molecule has 60 heavy (non-hydrogen) atoms. The summed E-state index contributed by atoms with van der Waals surface area (Å²) in [6.45, 7) is 83.9. The van der Waals surface area contributed by atoms with Gasteiger partial charge in [0.25, 0.3) is 0 Å². The maximum absolute atomic E-state index is 3.16. The lowest BCUT2D eigenvalue weighted by Crippen LogP contribution is -3.53. The average Bonchev–Trinajstić information content (AvgIpc) is 3.01. The molecule has 5 saturated heterocycles. The first-order valence-corrected chi connectivity index (χ1v) is 68.3. The zero-order chi connectivity index (χ0) is 47.2. The minimum absolute atomic E-state index is 1.01. The summed E-state index contributed by atoms with van der Waals surface area (Å²) >= 11 is 0. The van der Waals surface area contributed by atoms with Gasteiger partial charge in [-0.05, 0) is 0 Å². The van der Waals surface area contributed by atoms with Crippen LogP contribution >= 0.6 is 0 Å². The summed E-state index contributed by atoms with van der Waals surface area (Å²) in [6.07, 6.45) is 0. The Labute approximate surface area is 388 Å². The van der Waals surface area contributed by atoms with Gasteiger partial charge in [0, 0.05) is 81.4 Å². The van der Waals surface area contributed by atoms with E-state index in [1.165, 1.54) is 0 Å². The summed E-state index contributed by atoms with van der Waals surface area (Å²) in [4.78, 5) is 0. The molecule has 5 aliphatic heterocycles. The molecule has 5 heterocycles. The second kappa shape index (κ2) is 15.1. The number of fused-ring (bicyclic) bond motifs is 10. The van der Waals surface area contributed by atoms with Crippen molar-refractivity contribution in [2.24, 2.45) is 0 Å². The highest BCUT2D eigenvalue weighted by molar-refractivity contribution is 8.76. The van der Waals surface area contributed by atoms with Crippen LogP contribution in [-0.4, -0.2) is 81.4 Å². The summed E-state index contributed by atoms with van der Waals surface area (Å²) in [5.41, 5.74) is 16.9. The molecular weight excluding hydrogens is 914 g/mol. The van der Waals surface area contributed by atoms with Gasteiger partial charge in [-0.25, -0.2) is 0 Å². The largest absolute Gasteiger partial charge is 0.0659 e. The van der Waals surface area contributed by atoms with Gasteiger partial charge in [0.15, 0.2) is 0 Å². The zero-order valence-corrected chi connectivity index (χ0v) is 59.2. The molecule has 5 rings (SSSR count). The number of hydrogen-bond acceptors (Lipinski definition) is 0. The molecule has 0 aromatic carbocycles. The Hall–Kier alpha value is 2.60. The van der Waals surface area contributed by atoms with E-state index in [4.69, 9.17) is 0 Å². The lowest BCUT2D eigenvalue weighted by Gasteiger charge is -3.22. The minimum atomic E-state index is -1.81. The van der Waals surface area contributed by atoms with Crippen molar-refractivity contribution in [2.45, 2.75) is 310 Å². The number of rotatable bonds is 16. The fraction of sp³-hybridized carbons (Fsp3) is 1.00. The normalized spacial score (nSPS) is 40.8. The Bertz CT molecular complexity index is 1370. The van der Waals surface area contributed by atoms with E-state index in [0.29, 0.717) is 0 Å². The number of hydrogen-bond donors (Lipinski definition) is 0. The van der Waals surface area contributed by atoms with Gasteiger partial charge < -0.3 is 0 Å². The summed E-state index contributed by atoms with van der Waals surface area (Å²) in [5.74, 6) is 0. The van der Waals surface area contributed by atoms with Crippen LogP contribution in [0.25, 0.3) is 0 Å². The van der Waals surface area contributed by atoms with Gasteiger partial charge in [0.05, 0.1) is 0 Å². The fourth-order valence-electron chi connectivity index (χ4n) is 29.7. The highest BCUT2D eigenvalue weighted by Crippen LogP contribution is 3.01. The molecule has 0 aromatic rings. The highest BCUT2D eigenvalue weighted by Gasteiger charge is 3.28. The average molecular weight is 1030 g/mol. The molecule has 352 valence electrons. The SMILES string of the molecule is CC(C)[Si]1(C(C)C)[Si](C(C)C)(C(C)C)[Si@]2(C(C)C)[Si]3(C(C)C)[Si](C(C)C)([Si]4(C(C)C)[Si]3(C(C)C)[Si@@]3(C(C)C)[Si](C(C)C)(C(C)C)[Si](C(C)C)(C(C)C)[Si@@]43C(C)C)[Si@]12C(C)C. The molecule has 4 unspecified atom stereocenters. The van der Waals surface area contributed by atoms with Crippen LogP contribution in [-0.2, 0) is 0 Å². The van der Waals surface area contributed by atoms with E-state index in [9.17, 15) is 0 Å². The Balaban J connectivity index is 2.46. The predicted molar refractivity (Wildman–Crippen MR) is 311 cm³/mol. The lowest BCUT2D eigenvalue weighted by molar-refractivity contribution is 0.859. The molecule has 5 aliphatic rings. The van der Waals surface area contributed by atoms with E-state index in [-0.39, 0.29) is 0 Å². The molecule has 0 radical (unpaired) electrons. The zero-order valence-electron chi connectivity index (χ0n) is 47.2. The van der Waals surface area contributed by atoms with Crippen molar-refractivity contribution in [2.75, 3.05) is 0 Å². The molecule has 0 nitrogen and oxygen atoms in total. The summed E-state index contributed by atoms with van der Waals surface area (Å²) in [7, 11) is -7.12. The van der Waals surface area contributed by atoms with Gasteiger partial charge in [0.2, 0.25) is 0 Å². The monoisotopic (exact) mass is 1020 g/mol. The molecule has 0 amide bonds. The topological polar surface area (TPSA) is 0 Å². The van der Waals surface area contributed by atoms with Crippen molar-refractivity contribution in [3.05, 3.63) is 0 Å². The van der Waals surface area contributed by atoms with Crippen molar-refractivity contribution < 1.29 is 0 Å². The third-order valence-corrected chi connectivity index (χ3v) is 517. The molecule has 0 N–H and O–H groups in total. The van der Waals surface area contributed by atoms with Crippen molar-refractivity contribution in [3.63, 3.8) is 0 Å². The first-order chi connectivity index (χ1) is 27.1. The van der Waals surface area contributed by atoms with E-state index < -0.39 is 81.4 Å². The van der Waals surface area contributed by atoms with Gasteiger partial charge >= 0.3 is 0 Å². The highest BCUT2D eigenvalue weighted by atomic mass is 31.0. The summed E-state index contributed by atoms with van der Waals surface area (Å²) in [5, 5.41) is 0. The molecule has 0 aliphatic carbocycles. The van der Waals surface area contributed by atoms with Crippen LogP contribution in [0.5, 0.6) is 0 Å². The van der Waals surface area contributed by atoms with Gasteiger partial charge in [-0.2, -0.15) is 0 Å². The quantitative estimate of drug-likeness (QED) is 0.135. The standard InChI is InChI=1S/C48H112Si12/c1-33(2)49(34(3)4)50(35(5)6,36(7)8)54(42(19)20)53(49,41(17)18)57(45(25)26)58(54,46(27)28)60(48(31)32)56(44(23)24)52(39(13)14,40(15)16)51(37(9)10,38(11)12)55(56,43(21)22)59(57,60)47(29)30/h33-48H,1-32H3/t53-,54+,55-,56+,57?,58?,59?,60?. The van der Waals surface area contributed by atoms with Gasteiger partial charge in [-0.15, -0.1) is 0 Å². The van der Waals surface area contributed by atoms with Gasteiger partial charge in [-0.3, -0.25) is 0 Å². The van der Waals surface area contributed by atoms with E-state index in [1.807, 2.05) is 0 Å². The van der Waals surface area contributed by atoms with E-state index in [2.05, 4.69) is 222 Å². The van der Waals surface area contributed by atoms with Crippen LogP contribution in [0, 0.1) is 0 Å². The third-order valence-electron chi connectivity index (χ3n) is 24.4. The molecule has 0 bridgehead atoms. The second-order valence-corrected chi connectivity index (χ2v) is 185. The molecule has 0 spiro atoms. The summed E-state index contributed by atoms with van der Waals surface area (Å²) in [6, 6.07) is 0. The molecule has 0 aromatic heterocycles. The first-order valence-electron chi connectivity index (χ1n) is 27.1. The van der Waals surface area contributed by atoms with Crippen LogP contribution in [0.4, 0.5) is 0 Å². The van der Waals surface area contributed by atoms with Crippen molar-refractivity contribution in [1.29, 1.82) is 0 Å². The molecule has 0 saturated carbocycles. The van der Waals surface area contributed by atoms with E-state index in [1.54, 1.807) is 0 Å². The van der Waals surface area contributed by atoms with Crippen LogP contribution in [0.3, 0.4) is 0 Å². The Morgan fingerprint density at radius 2 is 0.200 bits per heavy atom. The maximum atomic E-state index is 3.16. The second-order valence-electron chi connectivity index (χ2n) is 28.4. The molecule has 5 fully saturated rings. The van der Waals surface area contributed by atoms with Crippen LogP contribution < -0.4 is 0 Å². The van der Waals surface area contributed by atoms with Crippen molar-refractivity contribution >= 4 is 81.4 Å². The minimum Gasteiger partial charge on any atom is -0.0659 e. The Kier molecular flexibility index (Phi) is 13.4. The third kappa shape index (κ3) is 3.66. The predicted octanol–water partition coefficient (Wildman–Crippen LogP) is 17.3. The van der Waals surface area contributed by atoms with Crippen molar-refractivity contribution in [3.8, 4) is 0 Å². The summed E-state index contributed by atoms with van der Waals surface area (Å²) < 4.78 is 0. The maximum Gasteiger partial charge on any atom is 0.0400 e. The Morgan fingerprint density at radius 3 is 0.250 bits per heavy atom. The van der Waals surface area contributed by atoms with Crippen LogP contribution in [0.1, 0.15) is 222 Å². The van der Waals surface area contributed by atoms with Gasteiger partial charge in [0.1, 0.15) is 0 Å². The molecule has 12 heteroatoms. The smallest absolute Gasteiger partial charge is 0.0400 e. The lowest BCUT2D eigenvalue weighted by atomic mass is 10.5. The fourth-order valence-corrected chi connectivity index (χ4v) is 1300. The molecule has 8 atom stereocenters. The van der Waals surface area contributed by atoms with E-state index >= 15 is 0 Å². The Morgan fingerprint density at radius 1 is 0.117 bits per heavy atom. The van der Waals surface area contributed by atoms with Crippen molar-refractivity contribution in [1.82, 2.24) is 0 Å². The molecular formula is C48H112Si12. The van der Waals surface area contributed by atoms with Gasteiger partial charge in [-0.1, -0.05) is 310 Å². The first kappa shape index (κ1) is 53.6. The van der Waals surface area contributed by atoms with Crippen LogP contribution in [0.2, 0.25) is 88.7 Å². The van der Waals surface area contributed by atoms with Crippen LogP contribution in [0.15, 0.2) is 0 Å². The van der Waals surface area contributed by atoms with E-state index in [0.717, 1.165) is 88.7 Å².